The Bertz CT molecular complexity index is 396. The molecule has 0 bridgehead atoms. The zero-order valence-corrected chi connectivity index (χ0v) is 12.1. The fourth-order valence-corrected chi connectivity index (χ4v) is 2.29. The summed E-state index contributed by atoms with van der Waals surface area (Å²) in [5.41, 5.74) is 2.04. The number of hydrogen-bond acceptors (Lipinski definition) is 3. The number of phenolic OH excluding ortho intramolecular Hbond substituents is 1. The van der Waals surface area contributed by atoms with Gasteiger partial charge in [-0.05, 0) is 25.5 Å². The molecule has 0 radical (unpaired) electrons. The molecule has 1 aromatic rings. The summed E-state index contributed by atoms with van der Waals surface area (Å²) in [5, 5.41) is 19.4. The van der Waals surface area contributed by atoms with Crippen LogP contribution in [0.25, 0.3) is 0 Å². The number of aliphatic hydroxyl groups is 1. The molecule has 0 saturated carbocycles. The standard InChI is InChI=1S/C15H25NO2/c1-11-6-7-13(18)12(8-11)9-16(5)14(10-17)15(2,3)4/h6-8,14,17-18H,9-10H2,1-5H3. The smallest absolute Gasteiger partial charge is 0.120 e. The fraction of sp³-hybridized carbons (Fsp3) is 0.600. The van der Waals surface area contributed by atoms with Crippen LogP contribution in [0.2, 0.25) is 0 Å². The highest BCUT2D eigenvalue weighted by Gasteiger charge is 2.27. The molecule has 0 heterocycles. The first-order valence-electron chi connectivity index (χ1n) is 6.35. The van der Waals surface area contributed by atoms with Crippen LogP contribution in [-0.4, -0.2) is 34.8 Å². The van der Waals surface area contributed by atoms with Gasteiger partial charge in [0, 0.05) is 18.2 Å². The number of likely N-dealkylation sites (N-methyl/N-ethyl adjacent to an activating group) is 1. The fourth-order valence-electron chi connectivity index (χ4n) is 2.29. The third-order valence-corrected chi connectivity index (χ3v) is 3.36. The minimum atomic E-state index is 0.00292. The van der Waals surface area contributed by atoms with E-state index >= 15 is 0 Å². The van der Waals surface area contributed by atoms with Crippen LogP contribution < -0.4 is 0 Å². The summed E-state index contributed by atoms with van der Waals surface area (Å²) in [6.45, 7) is 9.10. The minimum absolute atomic E-state index is 0.00292. The Morgan fingerprint density at radius 1 is 1.28 bits per heavy atom. The maximum atomic E-state index is 9.85. The van der Waals surface area contributed by atoms with Gasteiger partial charge in [-0.25, -0.2) is 0 Å². The lowest BCUT2D eigenvalue weighted by Crippen LogP contribution is -2.43. The average Bonchev–Trinajstić information content (AvgIpc) is 2.22. The van der Waals surface area contributed by atoms with Gasteiger partial charge in [-0.15, -0.1) is 0 Å². The van der Waals surface area contributed by atoms with Crippen molar-refractivity contribution in [1.82, 2.24) is 4.90 Å². The van der Waals surface area contributed by atoms with Crippen molar-refractivity contribution >= 4 is 0 Å². The number of aromatic hydroxyl groups is 1. The molecule has 1 atom stereocenters. The van der Waals surface area contributed by atoms with Crippen molar-refractivity contribution in [3.05, 3.63) is 29.3 Å². The second-order valence-electron chi connectivity index (χ2n) is 6.11. The monoisotopic (exact) mass is 251 g/mol. The quantitative estimate of drug-likeness (QED) is 0.864. The molecule has 2 N–H and O–H groups in total. The molecule has 0 aliphatic heterocycles. The third kappa shape index (κ3) is 3.72. The lowest BCUT2D eigenvalue weighted by molar-refractivity contribution is 0.0609. The summed E-state index contributed by atoms with van der Waals surface area (Å²) >= 11 is 0. The van der Waals surface area contributed by atoms with Crippen LogP contribution in [0.1, 0.15) is 31.9 Å². The maximum absolute atomic E-state index is 9.85. The van der Waals surface area contributed by atoms with Gasteiger partial charge < -0.3 is 10.2 Å². The molecule has 1 rings (SSSR count). The van der Waals surface area contributed by atoms with Crippen molar-refractivity contribution in [3.63, 3.8) is 0 Å². The average molecular weight is 251 g/mol. The Kier molecular flexibility index (Phi) is 4.77. The summed E-state index contributed by atoms with van der Waals surface area (Å²) in [4.78, 5) is 2.09. The molecule has 102 valence electrons. The van der Waals surface area contributed by atoms with Crippen molar-refractivity contribution < 1.29 is 10.2 Å². The van der Waals surface area contributed by atoms with Gasteiger partial charge in [-0.1, -0.05) is 38.5 Å². The first-order valence-corrected chi connectivity index (χ1v) is 6.35. The minimum Gasteiger partial charge on any atom is -0.508 e. The predicted octanol–water partition coefficient (Wildman–Crippen LogP) is 2.54. The molecule has 1 aromatic carbocycles. The molecule has 18 heavy (non-hydrogen) atoms. The zero-order chi connectivity index (χ0) is 13.9. The molecule has 0 aliphatic rings. The molecule has 0 fully saturated rings. The van der Waals surface area contributed by atoms with Crippen LogP contribution in [-0.2, 0) is 6.54 Å². The second kappa shape index (κ2) is 5.72. The van der Waals surface area contributed by atoms with Gasteiger partial charge in [-0.3, -0.25) is 4.90 Å². The highest BCUT2D eigenvalue weighted by molar-refractivity contribution is 5.35. The number of aryl methyl sites for hydroxylation is 1. The first-order chi connectivity index (χ1) is 8.25. The van der Waals surface area contributed by atoms with Crippen molar-refractivity contribution in [2.24, 2.45) is 5.41 Å². The van der Waals surface area contributed by atoms with E-state index in [1.807, 2.05) is 26.1 Å². The van der Waals surface area contributed by atoms with Gasteiger partial charge in [-0.2, -0.15) is 0 Å². The van der Waals surface area contributed by atoms with Crippen molar-refractivity contribution in [3.8, 4) is 5.75 Å². The number of phenols is 1. The Hall–Kier alpha value is -1.06. The van der Waals surface area contributed by atoms with Crippen LogP contribution in [0.5, 0.6) is 5.75 Å². The summed E-state index contributed by atoms with van der Waals surface area (Å²) < 4.78 is 0. The molecule has 0 spiro atoms. The van der Waals surface area contributed by atoms with Crippen LogP contribution >= 0.6 is 0 Å². The van der Waals surface area contributed by atoms with E-state index in [-0.39, 0.29) is 18.1 Å². The number of rotatable bonds is 4. The molecule has 0 saturated heterocycles. The molecule has 3 nitrogen and oxygen atoms in total. The predicted molar refractivity (Wildman–Crippen MR) is 74.6 cm³/mol. The van der Waals surface area contributed by atoms with E-state index in [9.17, 15) is 10.2 Å². The number of hydrogen-bond donors (Lipinski definition) is 2. The van der Waals surface area contributed by atoms with E-state index in [0.29, 0.717) is 12.3 Å². The molecule has 0 amide bonds. The third-order valence-electron chi connectivity index (χ3n) is 3.36. The summed E-state index contributed by atoms with van der Waals surface area (Å²) in [6, 6.07) is 5.68. The van der Waals surface area contributed by atoms with Gasteiger partial charge >= 0.3 is 0 Å². The Balaban J connectivity index is 2.86. The number of aliphatic hydroxyl groups excluding tert-OH is 1. The van der Waals surface area contributed by atoms with Crippen LogP contribution in [0.4, 0.5) is 0 Å². The molecule has 1 unspecified atom stereocenters. The van der Waals surface area contributed by atoms with Crippen molar-refractivity contribution in [2.75, 3.05) is 13.7 Å². The van der Waals surface area contributed by atoms with Gasteiger partial charge in [0.25, 0.3) is 0 Å². The Morgan fingerprint density at radius 3 is 2.39 bits per heavy atom. The summed E-state index contributed by atoms with van der Waals surface area (Å²) in [5.74, 6) is 0.318. The van der Waals surface area contributed by atoms with Gasteiger partial charge in [0.1, 0.15) is 5.75 Å². The Morgan fingerprint density at radius 2 is 1.89 bits per heavy atom. The molecular formula is C15H25NO2. The largest absolute Gasteiger partial charge is 0.508 e. The summed E-state index contributed by atoms with van der Waals surface area (Å²) in [7, 11) is 1.98. The molecule has 0 aromatic heterocycles. The van der Waals surface area contributed by atoms with E-state index in [1.54, 1.807) is 6.07 Å². The lowest BCUT2D eigenvalue weighted by atomic mass is 9.86. The highest BCUT2D eigenvalue weighted by atomic mass is 16.3. The summed E-state index contributed by atoms with van der Waals surface area (Å²) in [6.07, 6.45) is 0. The SMILES string of the molecule is Cc1ccc(O)c(CN(C)C(CO)C(C)(C)C)c1. The number of nitrogens with zero attached hydrogens (tertiary/aromatic N) is 1. The molecule has 0 aliphatic carbocycles. The first kappa shape index (κ1) is 15.0. The van der Waals surface area contributed by atoms with E-state index in [2.05, 4.69) is 25.7 Å². The molecular weight excluding hydrogens is 226 g/mol. The van der Waals surface area contributed by atoms with Crippen LogP contribution in [0, 0.1) is 12.3 Å². The van der Waals surface area contributed by atoms with Crippen LogP contribution in [0.3, 0.4) is 0 Å². The molecule has 3 heteroatoms. The maximum Gasteiger partial charge on any atom is 0.120 e. The normalized spacial score (nSPS) is 13.9. The van der Waals surface area contributed by atoms with Gasteiger partial charge in [0.05, 0.1) is 6.61 Å². The number of benzene rings is 1. The van der Waals surface area contributed by atoms with E-state index in [0.717, 1.165) is 11.1 Å². The van der Waals surface area contributed by atoms with Crippen LogP contribution in [0.15, 0.2) is 18.2 Å². The van der Waals surface area contributed by atoms with E-state index in [4.69, 9.17) is 0 Å². The highest BCUT2D eigenvalue weighted by Crippen LogP contribution is 2.26. The Labute approximate surface area is 110 Å². The lowest BCUT2D eigenvalue weighted by Gasteiger charge is -2.37. The van der Waals surface area contributed by atoms with Gasteiger partial charge in [0.2, 0.25) is 0 Å². The topological polar surface area (TPSA) is 43.7 Å². The van der Waals surface area contributed by atoms with Gasteiger partial charge in [0.15, 0.2) is 0 Å². The zero-order valence-electron chi connectivity index (χ0n) is 12.1. The van der Waals surface area contributed by atoms with Crippen molar-refractivity contribution in [1.29, 1.82) is 0 Å². The second-order valence-corrected chi connectivity index (χ2v) is 6.11. The van der Waals surface area contributed by atoms with E-state index in [1.165, 1.54) is 0 Å². The van der Waals surface area contributed by atoms with E-state index < -0.39 is 0 Å². The van der Waals surface area contributed by atoms with Crippen molar-refractivity contribution in [2.45, 2.75) is 40.3 Å².